The lowest BCUT2D eigenvalue weighted by molar-refractivity contribution is 0.252. The maximum Gasteiger partial charge on any atom is 0.0208 e. The summed E-state index contributed by atoms with van der Waals surface area (Å²) in [5.74, 6) is 1.80. The van der Waals surface area contributed by atoms with Crippen molar-refractivity contribution in [1.29, 1.82) is 0 Å². The predicted octanol–water partition coefficient (Wildman–Crippen LogP) is 4.38. The second kappa shape index (κ2) is 6.94. The van der Waals surface area contributed by atoms with Gasteiger partial charge in [-0.1, -0.05) is 57.0 Å². The van der Waals surface area contributed by atoms with E-state index in [-0.39, 0.29) is 0 Å². The van der Waals surface area contributed by atoms with Crippen molar-refractivity contribution in [2.24, 2.45) is 11.8 Å². The van der Waals surface area contributed by atoms with Crippen molar-refractivity contribution < 1.29 is 0 Å². The van der Waals surface area contributed by atoms with Crippen LogP contribution < -0.4 is 5.32 Å². The van der Waals surface area contributed by atoms with Crippen molar-refractivity contribution >= 4 is 0 Å². The van der Waals surface area contributed by atoms with Crippen molar-refractivity contribution in [3.05, 3.63) is 35.9 Å². The lowest BCUT2D eigenvalue weighted by atomic mass is 9.81. The molecule has 0 aromatic heterocycles. The van der Waals surface area contributed by atoms with Crippen molar-refractivity contribution in [3.8, 4) is 0 Å². The molecule has 1 aromatic carbocycles. The fourth-order valence-corrected chi connectivity index (χ4v) is 3.22. The van der Waals surface area contributed by atoms with Gasteiger partial charge in [-0.15, -0.1) is 0 Å². The van der Waals surface area contributed by atoms with Crippen LogP contribution in [0, 0.1) is 11.8 Å². The first-order chi connectivity index (χ1) is 8.74. The molecule has 0 amide bonds. The van der Waals surface area contributed by atoms with Gasteiger partial charge < -0.3 is 5.32 Å². The van der Waals surface area contributed by atoms with Gasteiger partial charge in [0.25, 0.3) is 0 Å². The average molecular weight is 245 g/mol. The minimum Gasteiger partial charge on any atom is -0.310 e. The molecule has 18 heavy (non-hydrogen) atoms. The lowest BCUT2D eigenvalue weighted by Crippen LogP contribution is -2.34. The van der Waals surface area contributed by atoms with Crippen LogP contribution in [-0.2, 0) is 6.54 Å². The molecule has 1 aliphatic rings. The number of hydrogen-bond acceptors (Lipinski definition) is 1. The summed E-state index contributed by atoms with van der Waals surface area (Å²) in [5, 5.41) is 3.74. The highest BCUT2D eigenvalue weighted by Gasteiger charge is 2.21. The Kier molecular flexibility index (Phi) is 5.25. The second-order valence-electron chi connectivity index (χ2n) is 6.23. The fourth-order valence-electron chi connectivity index (χ4n) is 3.22. The van der Waals surface area contributed by atoms with E-state index in [1.54, 1.807) is 0 Å². The third kappa shape index (κ3) is 4.45. The first kappa shape index (κ1) is 13.6. The summed E-state index contributed by atoms with van der Waals surface area (Å²) in [6.45, 7) is 5.72. The minimum atomic E-state index is 0.739. The summed E-state index contributed by atoms with van der Waals surface area (Å²) >= 11 is 0. The standard InChI is InChI=1S/C17H27N/c1-14(2)11-16-9-6-10-17(12-16)18-13-15-7-4-3-5-8-15/h3-5,7-8,14,16-18H,6,9-13H2,1-2H3. The predicted molar refractivity (Wildman–Crippen MR) is 78.5 cm³/mol. The van der Waals surface area contributed by atoms with Crippen LogP contribution in [0.15, 0.2) is 30.3 Å². The van der Waals surface area contributed by atoms with Crippen LogP contribution in [0.25, 0.3) is 0 Å². The largest absolute Gasteiger partial charge is 0.310 e. The van der Waals surface area contributed by atoms with E-state index < -0.39 is 0 Å². The SMILES string of the molecule is CC(C)CC1CCCC(NCc2ccccc2)C1. The molecule has 2 rings (SSSR count). The van der Waals surface area contributed by atoms with E-state index in [4.69, 9.17) is 0 Å². The molecule has 0 radical (unpaired) electrons. The van der Waals surface area contributed by atoms with Crippen molar-refractivity contribution in [1.82, 2.24) is 5.32 Å². The second-order valence-corrected chi connectivity index (χ2v) is 6.23. The van der Waals surface area contributed by atoms with Crippen LogP contribution in [0.5, 0.6) is 0 Å². The zero-order chi connectivity index (χ0) is 12.8. The molecule has 1 fully saturated rings. The molecule has 0 spiro atoms. The van der Waals surface area contributed by atoms with Crippen LogP contribution in [0.1, 0.15) is 51.5 Å². The highest BCUT2D eigenvalue weighted by molar-refractivity contribution is 5.14. The maximum atomic E-state index is 3.74. The van der Waals surface area contributed by atoms with Crippen LogP contribution >= 0.6 is 0 Å². The van der Waals surface area contributed by atoms with Crippen LogP contribution in [0.4, 0.5) is 0 Å². The topological polar surface area (TPSA) is 12.0 Å². The van der Waals surface area contributed by atoms with Crippen molar-refractivity contribution in [2.45, 2.75) is 58.5 Å². The van der Waals surface area contributed by atoms with Crippen molar-refractivity contribution in [3.63, 3.8) is 0 Å². The third-order valence-corrected chi connectivity index (χ3v) is 4.03. The smallest absolute Gasteiger partial charge is 0.0208 e. The van der Waals surface area contributed by atoms with Crippen LogP contribution in [-0.4, -0.2) is 6.04 Å². The van der Waals surface area contributed by atoms with Gasteiger partial charge in [0.15, 0.2) is 0 Å². The van der Waals surface area contributed by atoms with E-state index in [1.165, 1.54) is 37.7 Å². The first-order valence-corrected chi connectivity index (χ1v) is 7.51. The molecule has 0 aliphatic heterocycles. The molecular weight excluding hydrogens is 218 g/mol. The van der Waals surface area contributed by atoms with E-state index in [1.807, 2.05) is 0 Å². The Bertz CT molecular complexity index is 331. The molecule has 1 aliphatic carbocycles. The Morgan fingerprint density at radius 1 is 1.17 bits per heavy atom. The number of rotatable bonds is 5. The van der Waals surface area contributed by atoms with Gasteiger partial charge in [0.05, 0.1) is 0 Å². The highest BCUT2D eigenvalue weighted by Crippen LogP contribution is 2.29. The Morgan fingerprint density at radius 3 is 2.67 bits per heavy atom. The highest BCUT2D eigenvalue weighted by atomic mass is 14.9. The molecule has 1 nitrogen and oxygen atoms in total. The summed E-state index contributed by atoms with van der Waals surface area (Å²) in [6, 6.07) is 11.5. The minimum absolute atomic E-state index is 0.739. The molecular formula is C17H27N. The van der Waals surface area contributed by atoms with E-state index in [0.29, 0.717) is 0 Å². The zero-order valence-corrected chi connectivity index (χ0v) is 11.9. The molecule has 1 N–H and O–H groups in total. The number of hydrogen-bond donors (Lipinski definition) is 1. The molecule has 0 saturated heterocycles. The third-order valence-electron chi connectivity index (χ3n) is 4.03. The lowest BCUT2D eigenvalue weighted by Gasteiger charge is -2.31. The summed E-state index contributed by atoms with van der Waals surface area (Å²) in [7, 11) is 0. The molecule has 2 unspecified atom stereocenters. The Balaban J connectivity index is 1.76. The number of benzene rings is 1. The quantitative estimate of drug-likeness (QED) is 0.811. The molecule has 0 bridgehead atoms. The summed E-state index contributed by atoms with van der Waals surface area (Å²) < 4.78 is 0. The van der Waals surface area contributed by atoms with Gasteiger partial charge in [-0.3, -0.25) is 0 Å². The normalized spacial score (nSPS) is 24.4. The van der Waals surface area contributed by atoms with Gasteiger partial charge in [0, 0.05) is 12.6 Å². The van der Waals surface area contributed by atoms with Crippen LogP contribution in [0.2, 0.25) is 0 Å². The van der Waals surface area contributed by atoms with Gasteiger partial charge >= 0.3 is 0 Å². The molecule has 1 saturated carbocycles. The summed E-state index contributed by atoms with van der Waals surface area (Å²) in [6.07, 6.45) is 7.00. The zero-order valence-electron chi connectivity index (χ0n) is 11.9. The molecule has 2 atom stereocenters. The van der Waals surface area contributed by atoms with E-state index in [0.717, 1.165) is 24.4 Å². The Labute approximate surface area is 112 Å². The first-order valence-electron chi connectivity index (χ1n) is 7.51. The Hall–Kier alpha value is -0.820. The van der Waals surface area contributed by atoms with Gasteiger partial charge in [-0.25, -0.2) is 0 Å². The van der Waals surface area contributed by atoms with Gasteiger partial charge in [-0.2, -0.15) is 0 Å². The van der Waals surface area contributed by atoms with E-state index >= 15 is 0 Å². The average Bonchev–Trinajstić information content (AvgIpc) is 2.37. The monoisotopic (exact) mass is 245 g/mol. The van der Waals surface area contributed by atoms with Crippen molar-refractivity contribution in [2.75, 3.05) is 0 Å². The van der Waals surface area contributed by atoms with Gasteiger partial charge in [0.2, 0.25) is 0 Å². The van der Waals surface area contributed by atoms with Gasteiger partial charge in [-0.05, 0) is 36.7 Å². The Morgan fingerprint density at radius 2 is 1.94 bits per heavy atom. The van der Waals surface area contributed by atoms with E-state index in [2.05, 4.69) is 49.5 Å². The summed E-state index contributed by atoms with van der Waals surface area (Å²) in [4.78, 5) is 0. The molecule has 1 aromatic rings. The molecule has 1 heteroatoms. The molecule has 100 valence electrons. The molecule has 0 heterocycles. The van der Waals surface area contributed by atoms with E-state index in [9.17, 15) is 0 Å². The fraction of sp³-hybridized carbons (Fsp3) is 0.647. The van der Waals surface area contributed by atoms with Crippen LogP contribution in [0.3, 0.4) is 0 Å². The van der Waals surface area contributed by atoms with Gasteiger partial charge in [0.1, 0.15) is 0 Å². The maximum absolute atomic E-state index is 3.74. The number of nitrogens with one attached hydrogen (secondary N) is 1. The summed E-state index contributed by atoms with van der Waals surface area (Å²) in [5.41, 5.74) is 1.41.